The van der Waals surface area contributed by atoms with Crippen LogP contribution >= 0.6 is 0 Å². The first-order chi connectivity index (χ1) is 7.19. The third kappa shape index (κ3) is 2.21. The molecule has 1 aromatic rings. The molecule has 2 rings (SSSR count). The molecule has 1 fully saturated rings. The molecular formula is C11H15FN2O. The van der Waals surface area contributed by atoms with Crippen molar-refractivity contribution in [1.29, 1.82) is 0 Å². The number of methoxy groups -OCH3 is 1. The highest BCUT2D eigenvalue weighted by Gasteiger charge is 2.26. The van der Waals surface area contributed by atoms with Gasteiger partial charge >= 0.3 is 0 Å². The van der Waals surface area contributed by atoms with Gasteiger partial charge in [0.15, 0.2) is 0 Å². The van der Waals surface area contributed by atoms with Crippen molar-refractivity contribution in [2.75, 3.05) is 12.4 Å². The molecule has 0 heterocycles. The maximum absolute atomic E-state index is 13.4. The van der Waals surface area contributed by atoms with Crippen molar-refractivity contribution in [3.63, 3.8) is 0 Å². The third-order valence-electron chi connectivity index (χ3n) is 2.71. The molecule has 1 aromatic carbocycles. The summed E-state index contributed by atoms with van der Waals surface area (Å²) in [7, 11) is 1.57. The van der Waals surface area contributed by atoms with Crippen LogP contribution in [0.25, 0.3) is 0 Å². The second-order valence-corrected chi connectivity index (χ2v) is 3.92. The Hall–Kier alpha value is -1.29. The zero-order chi connectivity index (χ0) is 10.8. The third-order valence-corrected chi connectivity index (χ3v) is 2.71. The molecule has 4 heteroatoms. The van der Waals surface area contributed by atoms with E-state index in [-0.39, 0.29) is 11.9 Å². The number of ether oxygens (including phenoxy) is 1. The van der Waals surface area contributed by atoms with Gasteiger partial charge in [-0.2, -0.15) is 0 Å². The van der Waals surface area contributed by atoms with E-state index in [1.54, 1.807) is 19.2 Å². The van der Waals surface area contributed by atoms with E-state index in [0.29, 0.717) is 17.5 Å². The van der Waals surface area contributed by atoms with Crippen LogP contribution in [0.2, 0.25) is 0 Å². The first-order valence-electron chi connectivity index (χ1n) is 5.04. The standard InChI is InChI=1S/C11H15FN2O/c1-15-9-2-3-10(12)11(6-9)14-8-4-7(13)5-8/h2-3,6-8,14H,4-5,13H2,1H3. The van der Waals surface area contributed by atoms with Crippen LogP contribution in [0.1, 0.15) is 12.8 Å². The number of nitrogens with two attached hydrogens (primary N) is 1. The monoisotopic (exact) mass is 210 g/mol. The molecule has 0 saturated heterocycles. The summed E-state index contributed by atoms with van der Waals surface area (Å²) in [6.07, 6.45) is 1.80. The summed E-state index contributed by atoms with van der Waals surface area (Å²) < 4.78 is 18.4. The van der Waals surface area contributed by atoms with E-state index in [9.17, 15) is 4.39 Å². The SMILES string of the molecule is COc1ccc(F)c(NC2CC(N)C2)c1. The number of hydrogen-bond donors (Lipinski definition) is 2. The van der Waals surface area contributed by atoms with E-state index in [2.05, 4.69) is 5.32 Å². The summed E-state index contributed by atoms with van der Waals surface area (Å²) in [5.74, 6) is 0.402. The minimum Gasteiger partial charge on any atom is -0.497 e. The summed E-state index contributed by atoms with van der Waals surface area (Å²) in [6.45, 7) is 0. The molecule has 82 valence electrons. The highest BCUT2D eigenvalue weighted by molar-refractivity contribution is 5.50. The summed E-state index contributed by atoms with van der Waals surface area (Å²) in [5, 5.41) is 3.12. The quantitative estimate of drug-likeness (QED) is 0.798. The van der Waals surface area contributed by atoms with E-state index in [1.165, 1.54) is 6.07 Å². The average molecular weight is 210 g/mol. The van der Waals surface area contributed by atoms with Crippen molar-refractivity contribution in [3.05, 3.63) is 24.0 Å². The molecule has 0 bridgehead atoms. The normalized spacial score (nSPS) is 24.5. The molecule has 1 aliphatic carbocycles. The fourth-order valence-electron chi connectivity index (χ4n) is 1.74. The fraction of sp³-hybridized carbons (Fsp3) is 0.455. The van der Waals surface area contributed by atoms with Crippen LogP contribution in [0.5, 0.6) is 5.75 Å². The molecule has 0 spiro atoms. The van der Waals surface area contributed by atoms with Gasteiger partial charge in [-0.25, -0.2) is 4.39 Å². The number of halogens is 1. The molecule has 0 atom stereocenters. The van der Waals surface area contributed by atoms with Gasteiger partial charge in [0.2, 0.25) is 0 Å². The number of hydrogen-bond acceptors (Lipinski definition) is 3. The molecule has 0 radical (unpaired) electrons. The van der Waals surface area contributed by atoms with E-state index in [0.717, 1.165) is 12.8 Å². The lowest BCUT2D eigenvalue weighted by Gasteiger charge is -2.33. The lowest BCUT2D eigenvalue weighted by atomic mass is 9.87. The highest BCUT2D eigenvalue weighted by atomic mass is 19.1. The number of rotatable bonds is 3. The minimum absolute atomic E-state index is 0.253. The van der Waals surface area contributed by atoms with Crippen molar-refractivity contribution in [1.82, 2.24) is 0 Å². The Bertz CT molecular complexity index is 350. The predicted molar refractivity (Wildman–Crippen MR) is 57.6 cm³/mol. The van der Waals surface area contributed by atoms with E-state index in [1.807, 2.05) is 0 Å². The van der Waals surface area contributed by atoms with Crippen LogP contribution in [0.4, 0.5) is 10.1 Å². The summed E-state index contributed by atoms with van der Waals surface area (Å²) in [4.78, 5) is 0. The molecular weight excluding hydrogens is 195 g/mol. The maximum Gasteiger partial charge on any atom is 0.146 e. The van der Waals surface area contributed by atoms with Gasteiger partial charge in [0.1, 0.15) is 11.6 Å². The van der Waals surface area contributed by atoms with Crippen LogP contribution in [-0.2, 0) is 0 Å². The van der Waals surface area contributed by atoms with Crippen LogP contribution < -0.4 is 15.8 Å². The summed E-state index contributed by atoms with van der Waals surface area (Å²) in [6, 6.07) is 5.23. The zero-order valence-corrected chi connectivity index (χ0v) is 8.66. The van der Waals surface area contributed by atoms with Crippen LogP contribution in [0.15, 0.2) is 18.2 Å². The van der Waals surface area contributed by atoms with Crippen LogP contribution in [-0.4, -0.2) is 19.2 Å². The van der Waals surface area contributed by atoms with Gasteiger partial charge in [-0.05, 0) is 25.0 Å². The number of nitrogens with one attached hydrogen (secondary N) is 1. The van der Waals surface area contributed by atoms with Gasteiger partial charge in [0.25, 0.3) is 0 Å². The Labute approximate surface area is 88.4 Å². The van der Waals surface area contributed by atoms with E-state index >= 15 is 0 Å². The topological polar surface area (TPSA) is 47.3 Å². The molecule has 0 aliphatic heterocycles. The molecule has 0 aromatic heterocycles. The van der Waals surface area contributed by atoms with Gasteiger partial charge in [-0.3, -0.25) is 0 Å². The largest absolute Gasteiger partial charge is 0.497 e. The summed E-state index contributed by atoms with van der Waals surface area (Å²) >= 11 is 0. The van der Waals surface area contributed by atoms with Gasteiger partial charge in [0.05, 0.1) is 12.8 Å². The van der Waals surface area contributed by atoms with Crippen molar-refractivity contribution < 1.29 is 9.13 Å². The number of benzene rings is 1. The molecule has 1 saturated carbocycles. The van der Waals surface area contributed by atoms with Crippen LogP contribution in [0, 0.1) is 5.82 Å². The Morgan fingerprint density at radius 3 is 2.80 bits per heavy atom. The molecule has 15 heavy (non-hydrogen) atoms. The Kier molecular flexibility index (Phi) is 2.77. The second-order valence-electron chi connectivity index (χ2n) is 3.92. The first kappa shape index (κ1) is 10.2. The lowest BCUT2D eigenvalue weighted by Crippen LogP contribution is -2.44. The van der Waals surface area contributed by atoms with E-state index < -0.39 is 0 Å². The Morgan fingerprint density at radius 2 is 2.20 bits per heavy atom. The van der Waals surface area contributed by atoms with Crippen molar-refractivity contribution in [2.45, 2.75) is 24.9 Å². The lowest BCUT2D eigenvalue weighted by molar-refractivity contribution is 0.372. The first-order valence-corrected chi connectivity index (χ1v) is 5.04. The minimum atomic E-state index is -0.253. The Morgan fingerprint density at radius 1 is 1.47 bits per heavy atom. The smallest absolute Gasteiger partial charge is 0.146 e. The molecule has 1 aliphatic rings. The molecule has 3 nitrogen and oxygen atoms in total. The molecule has 0 unspecified atom stereocenters. The molecule has 0 amide bonds. The van der Waals surface area contributed by atoms with Crippen LogP contribution in [0.3, 0.4) is 0 Å². The van der Waals surface area contributed by atoms with E-state index in [4.69, 9.17) is 10.5 Å². The van der Waals surface area contributed by atoms with Crippen molar-refractivity contribution in [2.24, 2.45) is 5.73 Å². The second kappa shape index (κ2) is 4.06. The summed E-state index contributed by atoms with van der Waals surface area (Å²) in [5.41, 5.74) is 6.15. The highest BCUT2D eigenvalue weighted by Crippen LogP contribution is 2.26. The average Bonchev–Trinajstić information content (AvgIpc) is 2.19. The molecule has 3 N–H and O–H groups in total. The number of anilines is 1. The van der Waals surface area contributed by atoms with Crippen molar-refractivity contribution >= 4 is 5.69 Å². The zero-order valence-electron chi connectivity index (χ0n) is 8.66. The predicted octanol–water partition coefficient (Wildman–Crippen LogP) is 1.74. The van der Waals surface area contributed by atoms with Gasteiger partial charge < -0.3 is 15.8 Å². The van der Waals surface area contributed by atoms with Gasteiger partial charge in [-0.1, -0.05) is 0 Å². The van der Waals surface area contributed by atoms with Crippen molar-refractivity contribution in [3.8, 4) is 5.75 Å². The van der Waals surface area contributed by atoms with Gasteiger partial charge in [0, 0.05) is 18.2 Å². The fourth-order valence-corrected chi connectivity index (χ4v) is 1.74. The maximum atomic E-state index is 13.4. The van der Waals surface area contributed by atoms with Gasteiger partial charge in [-0.15, -0.1) is 0 Å². The Balaban J connectivity index is 2.06.